The second-order valence-corrected chi connectivity index (χ2v) is 9.91. The standard InChI is InChI=1S/C29H35N7O/c1-34(2)13-4-14-35-15-17-36(18-16-35)24-9-7-23(8-10-24)32-28(21-5-3-12-31-20-21)27-25-11-6-22(30)19-26(25)33-29(27)37/h3,5-12,19-20,32H,4,13-18,30H2,1-2H3,(H,33,37)/b28-27-. The Morgan fingerprint density at radius 1 is 1.08 bits per heavy atom. The Balaban J connectivity index is 1.33. The van der Waals surface area contributed by atoms with Crippen LogP contribution in [0.1, 0.15) is 17.5 Å². The number of pyridine rings is 1. The Hall–Kier alpha value is -3.88. The molecule has 2 aliphatic rings. The van der Waals surface area contributed by atoms with E-state index in [2.05, 4.69) is 68.7 Å². The van der Waals surface area contributed by atoms with Crippen LogP contribution in [0, 0.1) is 0 Å². The van der Waals surface area contributed by atoms with Crippen molar-refractivity contribution in [2.75, 3.05) is 74.6 Å². The first-order valence-corrected chi connectivity index (χ1v) is 12.8. The zero-order chi connectivity index (χ0) is 25.8. The Bertz CT molecular complexity index is 1260. The Morgan fingerprint density at radius 3 is 2.57 bits per heavy atom. The minimum atomic E-state index is -0.160. The van der Waals surface area contributed by atoms with Crippen molar-refractivity contribution < 1.29 is 4.79 Å². The minimum absolute atomic E-state index is 0.160. The molecule has 0 bridgehead atoms. The van der Waals surface area contributed by atoms with Gasteiger partial charge >= 0.3 is 0 Å². The minimum Gasteiger partial charge on any atom is -0.399 e. The summed E-state index contributed by atoms with van der Waals surface area (Å²) in [6.07, 6.45) is 4.70. The molecule has 0 spiro atoms. The van der Waals surface area contributed by atoms with Crippen molar-refractivity contribution in [2.45, 2.75) is 6.42 Å². The molecule has 1 aromatic heterocycles. The maximum absolute atomic E-state index is 13.1. The summed E-state index contributed by atoms with van der Waals surface area (Å²) in [6.45, 7) is 6.52. The molecule has 1 saturated heterocycles. The average molecular weight is 498 g/mol. The molecule has 3 heterocycles. The van der Waals surface area contributed by atoms with Crippen LogP contribution < -0.4 is 21.3 Å². The molecule has 0 atom stereocenters. The fourth-order valence-electron chi connectivity index (χ4n) is 4.97. The van der Waals surface area contributed by atoms with Crippen LogP contribution in [0.15, 0.2) is 67.0 Å². The van der Waals surface area contributed by atoms with Crippen molar-refractivity contribution in [3.63, 3.8) is 0 Å². The fourth-order valence-corrected chi connectivity index (χ4v) is 4.97. The van der Waals surface area contributed by atoms with Crippen LogP contribution in [-0.2, 0) is 4.79 Å². The van der Waals surface area contributed by atoms with Crippen molar-refractivity contribution in [1.82, 2.24) is 14.8 Å². The molecule has 5 rings (SSSR count). The fraction of sp³-hybridized carbons (Fsp3) is 0.310. The van der Waals surface area contributed by atoms with Crippen molar-refractivity contribution in [3.8, 4) is 0 Å². The summed E-state index contributed by atoms with van der Waals surface area (Å²) in [4.78, 5) is 24.6. The number of amides is 1. The van der Waals surface area contributed by atoms with Crippen LogP contribution >= 0.6 is 0 Å². The van der Waals surface area contributed by atoms with Gasteiger partial charge in [0.15, 0.2) is 0 Å². The summed E-state index contributed by atoms with van der Waals surface area (Å²) in [5, 5.41) is 6.46. The predicted octanol–water partition coefficient (Wildman–Crippen LogP) is 3.67. The third-order valence-electron chi connectivity index (χ3n) is 6.94. The first kappa shape index (κ1) is 24.8. The molecule has 1 amide bonds. The molecule has 0 aliphatic carbocycles. The van der Waals surface area contributed by atoms with Gasteiger partial charge in [0.25, 0.3) is 5.91 Å². The number of hydrogen-bond acceptors (Lipinski definition) is 7. The lowest BCUT2D eigenvalue weighted by Crippen LogP contribution is -2.46. The number of piperazine rings is 1. The summed E-state index contributed by atoms with van der Waals surface area (Å²) in [5.41, 5.74) is 12.4. The lowest BCUT2D eigenvalue weighted by Gasteiger charge is -2.36. The van der Waals surface area contributed by atoms with Gasteiger partial charge in [-0.2, -0.15) is 0 Å². The van der Waals surface area contributed by atoms with E-state index in [4.69, 9.17) is 5.73 Å². The van der Waals surface area contributed by atoms with Crippen LogP contribution in [0.25, 0.3) is 11.3 Å². The average Bonchev–Trinajstić information content (AvgIpc) is 3.23. The van der Waals surface area contributed by atoms with Gasteiger partial charge in [-0.15, -0.1) is 0 Å². The van der Waals surface area contributed by atoms with Crippen molar-refractivity contribution in [3.05, 3.63) is 78.1 Å². The van der Waals surface area contributed by atoms with Crippen LogP contribution in [0.2, 0.25) is 0 Å². The quantitative estimate of drug-likeness (QED) is 0.323. The Labute approximate surface area is 218 Å². The molecule has 3 aromatic rings. The number of nitrogens with zero attached hydrogens (tertiary/aromatic N) is 4. The normalized spacial score (nSPS) is 17.1. The van der Waals surface area contributed by atoms with E-state index < -0.39 is 0 Å². The van der Waals surface area contributed by atoms with Gasteiger partial charge in [0.05, 0.1) is 17.0 Å². The van der Waals surface area contributed by atoms with Gasteiger partial charge in [-0.3, -0.25) is 14.7 Å². The molecule has 0 radical (unpaired) electrons. The number of nitrogens with one attached hydrogen (secondary N) is 2. The predicted molar refractivity (Wildman–Crippen MR) is 152 cm³/mol. The molecule has 4 N–H and O–H groups in total. The van der Waals surface area contributed by atoms with Crippen LogP contribution in [-0.4, -0.2) is 74.1 Å². The van der Waals surface area contributed by atoms with Crippen molar-refractivity contribution in [2.24, 2.45) is 0 Å². The zero-order valence-corrected chi connectivity index (χ0v) is 21.6. The number of anilines is 4. The monoisotopic (exact) mass is 497 g/mol. The summed E-state index contributed by atoms with van der Waals surface area (Å²) < 4.78 is 0. The number of rotatable bonds is 8. The molecule has 2 aromatic carbocycles. The van der Waals surface area contributed by atoms with E-state index in [9.17, 15) is 4.79 Å². The van der Waals surface area contributed by atoms with Crippen molar-refractivity contribution >= 4 is 39.9 Å². The highest BCUT2D eigenvalue weighted by atomic mass is 16.2. The molecular weight excluding hydrogens is 462 g/mol. The maximum atomic E-state index is 13.1. The molecule has 8 nitrogen and oxygen atoms in total. The second-order valence-electron chi connectivity index (χ2n) is 9.91. The molecule has 37 heavy (non-hydrogen) atoms. The lowest BCUT2D eigenvalue weighted by molar-refractivity contribution is -0.110. The van der Waals surface area contributed by atoms with Crippen LogP contribution in [0.5, 0.6) is 0 Å². The van der Waals surface area contributed by atoms with Gasteiger partial charge in [-0.05, 0) is 88.2 Å². The van der Waals surface area contributed by atoms with Crippen LogP contribution in [0.3, 0.4) is 0 Å². The third kappa shape index (κ3) is 5.76. The van der Waals surface area contributed by atoms with E-state index in [1.165, 1.54) is 12.1 Å². The summed E-state index contributed by atoms with van der Waals surface area (Å²) in [6, 6.07) is 17.8. The molecule has 0 saturated carbocycles. The number of nitrogens with two attached hydrogens (primary N) is 1. The smallest absolute Gasteiger partial charge is 0.258 e. The van der Waals surface area contributed by atoms with E-state index in [0.29, 0.717) is 17.0 Å². The highest BCUT2D eigenvalue weighted by Gasteiger charge is 2.28. The number of aromatic nitrogens is 1. The number of benzene rings is 2. The van der Waals surface area contributed by atoms with E-state index in [1.54, 1.807) is 18.5 Å². The molecule has 0 unspecified atom stereocenters. The van der Waals surface area contributed by atoms with Gasteiger partial charge in [0.1, 0.15) is 0 Å². The van der Waals surface area contributed by atoms with Crippen LogP contribution in [0.4, 0.5) is 22.7 Å². The largest absolute Gasteiger partial charge is 0.399 e. The molecule has 192 valence electrons. The summed E-state index contributed by atoms with van der Waals surface area (Å²) in [5.74, 6) is -0.160. The topological polar surface area (TPSA) is 89.8 Å². The number of nitrogen functional groups attached to an aromatic ring is 1. The van der Waals surface area contributed by atoms with Crippen molar-refractivity contribution in [1.29, 1.82) is 0 Å². The van der Waals surface area contributed by atoms with E-state index in [0.717, 1.165) is 61.8 Å². The highest BCUT2D eigenvalue weighted by Crippen LogP contribution is 2.38. The highest BCUT2D eigenvalue weighted by molar-refractivity contribution is 6.37. The number of carbonyl (C=O) groups excluding carboxylic acids is 1. The van der Waals surface area contributed by atoms with Gasteiger partial charge < -0.3 is 26.2 Å². The summed E-state index contributed by atoms with van der Waals surface area (Å²) >= 11 is 0. The lowest BCUT2D eigenvalue weighted by atomic mass is 10.0. The third-order valence-corrected chi connectivity index (χ3v) is 6.94. The van der Waals surface area contributed by atoms with Gasteiger partial charge in [-0.1, -0.05) is 0 Å². The van der Waals surface area contributed by atoms with Gasteiger partial charge in [0.2, 0.25) is 0 Å². The van der Waals surface area contributed by atoms with E-state index in [1.807, 2.05) is 24.3 Å². The molecule has 1 fully saturated rings. The molecule has 2 aliphatic heterocycles. The molecular formula is C29H35N7O. The first-order valence-electron chi connectivity index (χ1n) is 12.8. The number of carbonyl (C=O) groups is 1. The Kier molecular flexibility index (Phi) is 7.39. The maximum Gasteiger partial charge on any atom is 0.258 e. The second kappa shape index (κ2) is 11.0. The summed E-state index contributed by atoms with van der Waals surface area (Å²) in [7, 11) is 4.26. The number of fused-ring (bicyclic) bond motifs is 1. The zero-order valence-electron chi connectivity index (χ0n) is 21.6. The molecule has 8 heteroatoms. The van der Waals surface area contributed by atoms with Gasteiger partial charge in [-0.25, -0.2) is 0 Å². The first-order chi connectivity index (χ1) is 18.0. The van der Waals surface area contributed by atoms with Gasteiger partial charge in [0, 0.05) is 66.8 Å². The van der Waals surface area contributed by atoms with E-state index in [-0.39, 0.29) is 5.91 Å². The Morgan fingerprint density at radius 2 is 1.86 bits per heavy atom. The number of hydrogen-bond donors (Lipinski definition) is 3. The van der Waals surface area contributed by atoms with E-state index >= 15 is 0 Å². The SMILES string of the molecule is CN(C)CCCN1CCN(c2ccc(N/C(=C3\C(=O)Nc4cc(N)ccc43)c3cccnc3)cc2)CC1.